The number of nitrogens with zero attached hydrogens (tertiary/aromatic N) is 1. The van der Waals surface area contributed by atoms with Crippen LogP contribution < -0.4 is 5.32 Å². The summed E-state index contributed by atoms with van der Waals surface area (Å²) >= 11 is 1.96. The maximum absolute atomic E-state index is 9.65. The molecule has 114 valence electrons. The maximum Gasteiger partial charge on any atom is 0.108 e. The Hall–Kier alpha value is -0.980. The molecule has 2 unspecified atom stereocenters. The van der Waals surface area contributed by atoms with Crippen molar-refractivity contribution in [3.05, 3.63) is 29.3 Å². The van der Waals surface area contributed by atoms with Crippen molar-refractivity contribution in [2.45, 2.75) is 75.1 Å². The second-order valence-corrected chi connectivity index (χ2v) is 7.94. The standard InChI is InChI=1S/C18H26N2S/c1-13(2)20-18(12-19)9-5-6-16(11-18)21-17-10-14(3)7-8-15(17)4/h7-8,10,13,16,20H,5-6,9,11H2,1-4H3. The summed E-state index contributed by atoms with van der Waals surface area (Å²) in [5.41, 5.74) is 2.32. The highest BCUT2D eigenvalue weighted by atomic mass is 32.2. The van der Waals surface area contributed by atoms with Crippen LogP contribution in [0.4, 0.5) is 0 Å². The molecule has 0 aliphatic heterocycles. The quantitative estimate of drug-likeness (QED) is 0.883. The number of hydrogen-bond acceptors (Lipinski definition) is 3. The van der Waals surface area contributed by atoms with E-state index in [0.717, 1.165) is 19.3 Å². The molecule has 0 aromatic heterocycles. The lowest BCUT2D eigenvalue weighted by Gasteiger charge is -2.37. The summed E-state index contributed by atoms with van der Waals surface area (Å²) in [6, 6.07) is 9.56. The van der Waals surface area contributed by atoms with Crippen LogP contribution in [-0.4, -0.2) is 16.8 Å². The molecular weight excluding hydrogens is 276 g/mol. The number of thioether (sulfide) groups is 1. The molecule has 0 heterocycles. The van der Waals surface area contributed by atoms with E-state index < -0.39 is 0 Å². The largest absolute Gasteiger partial charge is 0.297 e. The van der Waals surface area contributed by atoms with Crippen LogP contribution in [0.15, 0.2) is 23.1 Å². The minimum atomic E-state index is -0.332. The van der Waals surface area contributed by atoms with Gasteiger partial charge in [0.25, 0.3) is 0 Å². The zero-order chi connectivity index (χ0) is 15.5. The van der Waals surface area contributed by atoms with Gasteiger partial charge < -0.3 is 0 Å². The first-order chi connectivity index (χ1) is 9.94. The van der Waals surface area contributed by atoms with Crippen molar-refractivity contribution in [1.82, 2.24) is 5.32 Å². The molecule has 0 radical (unpaired) electrons. The van der Waals surface area contributed by atoms with Crippen LogP contribution in [0.2, 0.25) is 0 Å². The first-order valence-electron chi connectivity index (χ1n) is 7.87. The van der Waals surface area contributed by atoms with Crippen LogP contribution in [0.5, 0.6) is 0 Å². The van der Waals surface area contributed by atoms with Gasteiger partial charge in [-0.15, -0.1) is 11.8 Å². The summed E-state index contributed by atoms with van der Waals surface area (Å²) < 4.78 is 0. The van der Waals surface area contributed by atoms with Gasteiger partial charge >= 0.3 is 0 Å². The number of aryl methyl sites for hydroxylation is 2. The molecule has 0 bridgehead atoms. The van der Waals surface area contributed by atoms with Crippen LogP contribution in [-0.2, 0) is 0 Å². The van der Waals surface area contributed by atoms with E-state index in [1.165, 1.54) is 22.4 Å². The average molecular weight is 302 g/mol. The summed E-state index contributed by atoms with van der Waals surface area (Å²) in [7, 11) is 0. The molecule has 3 heteroatoms. The Morgan fingerprint density at radius 3 is 2.81 bits per heavy atom. The molecule has 0 saturated heterocycles. The number of rotatable bonds is 4. The summed E-state index contributed by atoms with van der Waals surface area (Å²) in [6.07, 6.45) is 4.27. The second-order valence-electron chi connectivity index (χ2n) is 6.60. The van der Waals surface area contributed by atoms with E-state index in [4.69, 9.17) is 0 Å². The second kappa shape index (κ2) is 6.85. The molecule has 2 rings (SSSR count). The number of benzene rings is 1. The van der Waals surface area contributed by atoms with Crippen LogP contribution in [0, 0.1) is 25.2 Å². The third-order valence-corrected chi connectivity index (χ3v) is 5.55. The van der Waals surface area contributed by atoms with E-state index in [1.54, 1.807) is 0 Å². The molecule has 2 nitrogen and oxygen atoms in total. The molecule has 1 aliphatic carbocycles. The third-order valence-electron chi connectivity index (χ3n) is 4.12. The lowest BCUT2D eigenvalue weighted by Crippen LogP contribution is -2.51. The monoisotopic (exact) mass is 302 g/mol. The molecule has 1 aromatic rings. The highest BCUT2D eigenvalue weighted by Gasteiger charge is 2.37. The van der Waals surface area contributed by atoms with E-state index >= 15 is 0 Å². The first kappa shape index (κ1) is 16.4. The Bertz CT molecular complexity index is 533. The normalized spacial score (nSPS) is 25.8. The molecular formula is C18H26N2S. The van der Waals surface area contributed by atoms with Crippen molar-refractivity contribution in [3.63, 3.8) is 0 Å². The van der Waals surface area contributed by atoms with Gasteiger partial charge in [0.2, 0.25) is 0 Å². The zero-order valence-corrected chi connectivity index (χ0v) is 14.4. The predicted molar refractivity (Wildman–Crippen MR) is 90.6 cm³/mol. The van der Waals surface area contributed by atoms with Gasteiger partial charge in [0.15, 0.2) is 0 Å². The molecule has 1 aromatic carbocycles. The summed E-state index contributed by atoms with van der Waals surface area (Å²) in [4.78, 5) is 1.37. The predicted octanol–water partition coefficient (Wildman–Crippen LogP) is 4.60. The van der Waals surface area contributed by atoms with Gasteiger partial charge in [-0.3, -0.25) is 5.32 Å². The Morgan fingerprint density at radius 2 is 2.14 bits per heavy atom. The van der Waals surface area contributed by atoms with E-state index in [1.807, 2.05) is 11.8 Å². The van der Waals surface area contributed by atoms with Crippen molar-refractivity contribution < 1.29 is 0 Å². The fourth-order valence-corrected chi connectivity index (χ4v) is 4.68. The zero-order valence-electron chi connectivity index (χ0n) is 13.6. The number of nitriles is 1. The molecule has 1 fully saturated rings. The molecule has 2 atom stereocenters. The Kier molecular flexibility index (Phi) is 5.35. The Balaban J connectivity index is 2.11. The first-order valence-corrected chi connectivity index (χ1v) is 8.75. The molecule has 1 aliphatic rings. The van der Waals surface area contributed by atoms with Gasteiger partial charge in [0, 0.05) is 16.2 Å². The minimum absolute atomic E-state index is 0.332. The molecule has 1 saturated carbocycles. The average Bonchev–Trinajstić information content (AvgIpc) is 2.42. The van der Waals surface area contributed by atoms with Crippen molar-refractivity contribution >= 4 is 11.8 Å². The smallest absolute Gasteiger partial charge is 0.108 e. The molecule has 0 spiro atoms. The summed E-state index contributed by atoms with van der Waals surface area (Å²) in [5.74, 6) is 0. The minimum Gasteiger partial charge on any atom is -0.297 e. The van der Waals surface area contributed by atoms with Gasteiger partial charge in [0.1, 0.15) is 5.54 Å². The van der Waals surface area contributed by atoms with Gasteiger partial charge in [-0.2, -0.15) is 5.26 Å². The van der Waals surface area contributed by atoms with Crippen molar-refractivity contribution in [2.75, 3.05) is 0 Å². The molecule has 0 amide bonds. The van der Waals surface area contributed by atoms with Crippen LogP contribution in [0.25, 0.3) is 0 Å². The lowest BCUT2D eigenvalue weighted by atomic mass is 9.82. The Labute approximate surface area is 133 Å². The van der Waals surface area contributed by atoms with Crippen molar-refractivity contribution in [1.29, 1.82) is 5.26 Å². The lowest BCUT2D eigenvalue weighted by molar-refractivity contribution is 0.284. The molecule has 21 heavy (non-hydrogen) atoms. The van der Waals surface area contributed by atoms with Gasteiger partial charge in [-0.1, -0.05) is 17.7 Å². The van der Waals surface area contributed by atoms with Gasteiger partial charge in [0.05, 0.1) is 6.07 Å². The van der Waals surface area contributed by atoms with Gasteiger partial charge in [-0.05, 0) is 65.0 Å². The van der Waals surface area contributed by atoms with E-state index in [0.29, 0.717) is 11.3 Å². The fraction of sp³-hybridized carbons (Fsp3) is 0.611. The number of nitrogens with one attached hydrogen (secondary N) is 1. The Morgan fingerprint density at radius 1 is 1.38 bits per heavy atom. The fourth-order valence-electron chi connectivity index (χ4n) is 3.16. The van der Waals surface area contributed by atoms with Gasteiger partial charge in [-0.25, -0.2) is 0 Å². The number of hydrogen-bond donors (Lipinski definition) is 1. The third kappa shape index (κ3) is 4.25. The summed E-state index contributed by atoms with van der Waals surface area (Å²) in [5, 5.41) is 13.7. The maximum atomic E-state index is 9.65. The van der Waals surface area contributed by atoms with E-state index in [9.17, 15) is 5.26 Å². The topological polar surface area (TPSA) is 35.8 Å². The van der Waals surface area contributed by atoms with E-state index in [-0.39, 0.29) is 5.54 Å². The molecule has 1 N–H and O–H groups in total. The van der Waals surface area contributed by atoms with Crippen molar-refractivity contribution in [2.24, 2.45) is 0 Å². The highest BCUT2D eigenvalue weighted by molar-refractivity contribution is 8.00. The summed E-state index contributed by atoms with van der Waals surface area (Å²) in [6.45, 7) is 8.57. The van der Waals surface area contributed by atoms with Crippen molar-refractivity contribution in [3.8, 4) is 6.07 Å². The van der Waals surface area contributed by atoms with Crippen LogP contribution in [0.3, 0.4) is 0 Å². The van der Waals surface area contributed by atoms with E-state index in [2.05, 4.69) is 57.3 Å². The van der Waals surface area contributed by atoms with Crippen LogP contribution >= 0.6 is 11.8 Å². The van der Waals surface area contributed by atoms with Crippen LogP contribution in [0.1, 0.15) is 50.7 Å². The highest BCUT2D eigenvalue weighted by Crippen LogP contribution is 2.39. The SMILES string of the molecule is Cc1ccc(C)c(SC2CCCC(C#N)(NC(C)C)C2)c1.